The molecular formula is C11H11BrClNO3S3. The summed E-state index contributed by atoms with van der Waals surface area (Å²) in [6.45, 7) is 0.127. The van der Waals surface area contributed by atoms with E-state index < -0.39 is 10.0 Å². The first-order chi connectivity index (χ1) is 9.42. The van der Waals surface area contributed by atoms with Gasteiger partial charge >= 0.3 is 0 Å². The van der Waals surface area contributed by atoms with Crippen LogP contribution in [0.15, 0.2) is 26.9 Å². The van der Waals surface area contributed by atoms with E-state index in [1.54, 1.807) is 6.07 Å². The van der Waals surface area contributed by atoms with E-state index in [-0.39, 0.29) is 11.5 Å². The van der Waals surface area contributed by atoms with Crippen LogP contribution in [0, 0.1) is 0 Å². The quantitative estimate of drug-likeness (QED) is 0.759. The summed E-state index contributed by atoms with van der Waals surface area (Å²) in [5.41, 5.74) is 0. The van der Waals surface area contributed by atoms with E-state index in [1.807, 2.05) is 6.07 Å². The van der Waals surface area contributed by atoms with Gasteiger partial charge in [-0.2, -0.15) is 0 Å². The van der Waals surface area contributed by atoms with Gasteiger partial charge in [0.1, 0.15) is 4.90 Å². The Kier molecular flexibility index (Phi) is 5.63. The highest BCUT2D eigenvalue weighted by molar-refractivity contribution is 9.11. The third kappa shape index (κ3) is 4.03. The maximum atomic E-state index is 12.1. The van der Waals surface area contributed by atoms with Crippen LogP contribution < -0.4 is 4.72 Å². The summed E-state index contributed by atoms with van der Waals surface area (Å²) >= 11 is 11.7. The van der Waals surface area contributed by atoms with Crippen molar-refractivity contribution in [1.29, 1.82) is 0 Å². The summed E-state index contributed by atoms with van der Waals surface area (Å²) in [6.07, 6.45) is 0.589. The van der Waals surface area contributed by atoms with Crippen molar-refractivity contribution in [1.82, 2.24) is 4.72 Å². The van der Waals surface area contributed by atoms with E-state index in [1.165, 1.54) is 28.7 Å². The SMILES string of the molecule is O=S(=O)(NCCc1ccc(Cl)s1)c1cc(CO)sc1Br. The molecule has 0 aliphatic rings. The minimum absolute atomic E-state index is 0.163. The molecule has 2 heterocycles. The predicted octanol–water partition coefficient (Wildman–Crippen LogP) is 3.24. The maximum Gasteiger partial charge on any atom is 0.242 e. The minimum Gasteiger partial charge on any atom is -0.391 e. The lowest BCUT2D eigenvalue weighted by Gasteiger charge is -2.04. The van der Waals surface area contributed by atoms with Crippen LogP contribution in [-0.2, 0) is 23.1 Å². The van der Waals surface area contributed by atoms with Gasteiger partial charge in [-0.25, -0.2) is 13.1 Å². The molecule has 2 rings (SSSR count). The Balaban J connectivity index is 2.01. The number of hydrogen-bond donors (Lipinski definition) is 2. The Morgan fingerprint density at radius 2 is 2.05 bits per heavy atom. The Bertz CT molecular complexity index is 696. The fraction of sp³-hybridized carbons (Fsp3) is 0.273. The third-order valence-corrected chi connectivity index (χ3v) is 7.43. The van der Waals surface area contributed by atoms with Gasteiger partial charge in [-0.05, 0) is 40.5 Å². The molecule has 4 nitrogen and oxygen atoms in total. The van der Waals surface area contributed by atoms with Crippen LogP contribution in [0.4, 0.5) is 0 Å². The monoisotopic (exact) mass is 415 g/mol. The summed E-state index contributed by atoms with van der Waals surface area (Å²) in [7, 11) is -3.57. The van der Waals surface area contributed by atoms with Crippen molar-refractivity contribution >= 4 is 60.2 Å². The molecule has 0 unspecified atom stereocenters. The molecule has 0 amide bonds. The summed E-state index contributed by atoms with van der Waals surface area (Å²) in [5, 5.41) is 9.03. The van der Waals surface area contributed by atoms with Crippen molar-refractivity contribution in [2.45, 2.75) is 17.9 Å². The fourth-order valence-corrected chi connectivity index (χ4v) is 6.19. The number of aliphatic hydroxyl groups excluding tert-OH is 1. The Morgan fingerprint density at radius 3 is 2.60 bits per heavy atom. The van der Waals surface area contributed by atoms with Crippen LogP contribution in [0.3, 0.4) is 0 Å². The fourth-order valence-electron chi connectivity index (χ4n) is 1.53. The lowest BCUT2D eigenvalue weighted by Crippen LogP contribution is -2.25. The van der Waals surface area contributed by atoms with Gasteiger partial charge in [0.15, 0.2) is 0 Å². The van der Waals surface area contributed by atoms with Gasteiger partial charge in [-0.1, -0.05) is 11.6 Å². The molecule has 20 heavy (non-hydrogen) atoms. The van der Waals surface area contributed by atoms with Crippen LogP contribution in [0.2, 0.25) is 4.34 Å². The highest BCUT2D eigenvalue weighted by Crippen LogP contribution is 2.31. The van der Waals surface area contributed by atoms with E-state index in [9.17, 15) is 8.42 Å². The zero-order chi connectivity index (χ0) is 14.8. The Labute approximate surface area is 138 Å². The molecule has 9 heteroatoms. The van der Waals surface area contributed by atoms with E-state index in [4.69, 9.17) is 16.7 Å². The van der Waals surface area contributed by atoms with Gasteiger partial charge in [0, 0.05) is 16.3 Å². The standard InChI is InChI=1S/C11H11BrClNO3S3/c12-11-9(5-8(6-15)19-11)20(16,17)14-4-3-7-1-2-10(13)18-7/h1-2,5,14-15H,3-4,6H2. The minimum atomic E-state index is -3.57. The molecule has 0 saturated heterocycles. The average molecular weight is 417 g/mol. The maximum absolute atomic E-state index is 12.1. The number of halogens is 2. The molecule has 110 valence electrons. The first-order valence-corrected chi connectivity index (χ1v) is 9.84. The number of thiophene rings is 2. The van der Waals surface area contributed by atoms with Crippen molar-refractivity contribution < 1.29 is 13.5 Å². The van der Waals surface area contributed by atoms with Gasteiger partial charge in [-0.15, -0.1) is 22.7 Å². The molecule has 0 saturated carbocycles. The lowest BCUT2D eigenvalue weighted by molar-refractivity contribution is 0.285. The molecule has 0 fully saturated rings. The number of aliphatic hydroxyl groups is 1. The normalized spacial score (nSPS) is 11.9. The second-order valence-electron chi connectivity index (χ2n) is 3.86. The molecule has 2 aromatic heterocycles. The van der Waals surface area contributed by atoms with Gasteiger partial charge in [0.25, 0.3) is 0 Å². The van der Waals surface area contributed by atoms with Crippen LogP contribution in [0.25, 0.3) is 0 Å². The summed E-state index contributed by atoms with van der Waals surface area (Å²) in [5.74, 6) is 0. The number of nitrogens with one attached hydrogen (secondary N) is 1. The second-order valence-corrected chi connectivity index (χ2v) is 9.85. The molecule has 0 spiro atoms. The van der Waals surface area contributed by atoms with Gasteiger partial charge in [-0.3, -0.25) is 0 Å². The summed E-state index contributed by atoms with van der Waals surface area (Å²) in [4.78, 5) is 1.79. The summed E-state index contributed by atoms with van der Waals surface area (Å²) in [6, 6.07) is 5.14. The Morgan fingerprint density at radius 1 is 1.30 bits per heavy atom. The highest BCUT2D eigenvalue weighted by Gasteiger charge is 2.20. The lowest BCUT2D eigenvalue weighted by atomic mass is 10.3. The average Bonchev–Trinajstić information content (AvgIpc) is 2.95. The second kappa shape index (κ2) is 6.87. The molecule has 0 aliphatic carbocycles. The molecular weight excluding hydrogens is 406 g/mol. The zero-order valence-corrected chi connectivity index (χ0v) is 14.9. The van der Waals surface area contributed by atoms with E-state index >= 15 is 0 Å². The molecule has 2 aromatic rings. The van der Waals surface area contributed by atoms with Crippen molar-refractivity contribution in [2.75, 3.05) is 6.54 Å². The molecule has 0 radical (unpaired) electrons. The third-order valence-electron chi connectivity index (χ3n) is 2.44. The van der Waals surface area contributed by atoms with E-state index in [0.29, 0.717) is 26.0 Å². The first-order valence-electron chi connectivity index (χ1n) is 5.55. The van der Waals surface area contributed by atoms with Crippen molar-refractivity contribution in [3.63, 3.8) is 0 Å². The predicted molar refractivity (Wildman–Crippen MR) is 86.2 cm³/mol. The molecule has 0 atom stereocenters. The zero-order valence-electron chi connectivity index (χ0n) is 10.1. The molecule has 0 aromatic carbocycles. The van der Waals surface area contributed by atoms with Gasteiger partial charge in [0.2, 0.25) is 10.0 Å². The Hall–Kier alpha value is 0.0400. The largest absolute Gasteiger partial charge is 0.391 e. The number of sulfonamides is 1. The van der Waals surface area contributed by atoms with Gasteiger partial charge < -0.3 is 5.11 Å². The van der Waals surface area contributed by atoms with Crippen LogP contribution in [0.5, 0.6) is 0 Å². The summed E-state index contributed by atoms with van der Waals surface area (Å²) < 4.78 is 28.0. The number of hydrogen-bond acceptors (Lipinski definition) is 5. The molecule has 2 N–H and O–H groups in total. The van der Waals surface area contributed by atoms with Crippen molar-refractivity contribution in [3.05, 3.63) is 36.1 Å². The van der Waals surface area contributed by atoms with Crippen molar-refractivity contribution in [2.24, 2.45) is 0 Å². The topological polar surface area (TPSA) is 66.4 Å². The highest BCUT2D eigenvalue weighted by atomic mass is 79.9. The van der Waals surface area contributed by atoms with Gasteiger partial charge in [0.05, 0.1) is 14.7 Å². The van der Waals surface area contributed by atoms with E-state index in [0.717, 1.165) is 4.88 Å². The van der Waals surface area contributed by atoms with Crippen LogP contribution in [-0.4, -0.2) is 20.1 Å². The molecule has 0 bridgehead atoms. The first kappa shape index (κ1) is 16.4. The molecule has 0 aliphatic heterocycles. The van der Waals surface area contributed by atoms with Crippen molar-refractivity contribution in [3.8, 4) is 0 Å². The number of rotatable bonds is 6. The smallest absolute Gasteiger partial charge is 0.242 e. The van der Waals surface area contributed by atoms with E-state index in [2.05, 4.69) is 20.7 Å². The van der Waals surface area contributed by atoms with Crippen LogP contribution in [0.1, 0.15) is 9.75 Å². The van der Waals surface area contributed by atoms with Crippen LogP contribution >= 0.6 is 50.2 Å².